The second-order valence-electron chi connectivity index (χ2n) is 7.59. The van der Waals surface area contributed by atoms with Gasteiger partial charge in [0.15, 0.2) is 5.70 Å². The highest BCUT2D eigenvalue weighted by Crippen LogP contribution is 2.36. The lowest BCUT2D eigenvalue weighted by molar-refractivity contribution is -0.129. The van der Waals surface area contributed by atoms with Crippen LogP contribution >= 0.6 is 31.9 Å². The molecule has 1 heterocycles. The Labute approximate surface area is 212 Å². The van der Waals surface area contributed by atoms with Gasteiger partial charge in [0, 0.05) is 11.1 Å². The highest BCUT2D eigenvalue weighted by atomic mass is 79.9. The summed E-state index contributed by atoms with van der Waals surface area (Å²) in [4.78, 5) is 16.9. The van der Waals surface area contributed by atoms with Crippen molar-refractivity contribution >= 4 is 60.6 Å². The number of ether oxygens (including phenoxy) is 2. The van der Waals surface area contributed by atoms with E-state index < -0.39 is 5.97 Å². The monoisotopic (exact) mass is 579 g/mol. The van der Waals surface area contributed by atoms with Crippen LogP contribution in [0.15, 0.2) is 98.5 Å². The molecular formula is C27H16Br2FNO3. The summed E-state index contributed by atoms with van der Waals surface area (Å²) in [5, 5.41) is 2.13. The Bertz CT molecular complexity index is 1470. The number of esters is 1. The van der Waals surface area contributed by atoms with Gasteiger partial charge in [-0.3, -0.25) is 0 Å². The van der Waals surface area contributed by atoms with Crippen LogP contribution in [0.25, 0.3) is 16.8 Å². The van der Waals surface area contributed by atoms with Gasteiger partial charge in [0.05, 0.1) is 8.95 Å². The lowest BCUT2D eigenvalue weighted by atomic mass is 10.1. The number of hydrogen-bond acceptors (Lipinski definition) is 4. The lowest BCUT2D eigenvalue weighted by Crippen LogP contribution is -2.05. The number of carbonyl (C=O) groups excluding carboxylic acids is 1. The Kier molecular flexibility index (Phi) is 6.30. The van der Waals surface area contributed by atoms with Gasteiger partial charge in [0.2, 0.25) is 5.90 Å². The quantitative estimate of drug-likeness (QED) is 0.182. The van der Waals surface area contributed by atoms with Gasteiger partial charge in [-0.25, -0.2) is 14.2 Å². The first kappa shape index (κ1) is 22.5. The Morgan fingerprint density at radius 2 is 1.62 bits per heavy atom. The molecule has 0 spiro atoms. The molecule has 0 bridgehead atoms. The van der Waals surface area contributed by atoms with Crippen LogP contribution in [0.5, 0.6) is 5.75 Å². The van der Waals surface area contributed by atoms with Crippen molar-refractivity contribution in [3.05, 3.63) is 116 Å². The molecule has 4 aromatic rings. The van der Waals surface area contributed by atoms with Crippen molar-refractivity contribution in [2.45, 2.75) is 6.61 Å². The maximum absolute atomic E-state index is 13.9. The van der Waals surface area contributed by atoms with E-state index in [1.54, 1.807) is 36.4 Å². The van der Waals surface area contributed by atoms with Gasteiger partial charge in [-0.1, -0.05) is 48.5 Å². The summed E-state index contributed by atoms with van der Waals surface area (Å²) in [7, 11) is 0. The molecule has 0 atom stereocenters. The average Bonchev–Trinajstić information content (AvgIpc) is 3.19. The minimum atomic E-state index is -0.518. The van der Waals surface area contributed by atoms with Crippen LogP contribution < -0.4 is 4.74 Å². The molecule has 0 amide bonds. The van der Waals surface area contributed by atoms with Crippen molar-refractivity contribution in [3.8, 4) is 5.75 Å². The van der Waals surface area contributed by atoms with Crippen molar-refractivity contribution in [3.63, 3.8) is 0 Å². The van der Waals surface area contributed by atoms with Gasteiger partial charge in [-0.05, 0) is 84.6 Å². The molecule has 0 unspecified atom stereocenters. The second-order valence-corrected chi connectivity index (χ2v) is 9.30. The van der Waals surface area contributed by atoms with E-state index in [-0.39, 0.29) is 24.0 Å². The third-order valence-electron chi connectivity index (χ3n) is 5.27. The highest BCUT2D eigenvalue weighted by Gasteiger charge is 2.24. The van der Waals surface area contributed by atoms with Crippen LogP contribution in [-0.2, 0) is 16.1 Å². The largest absolute Gasteiger partial charge is 0.486 e. The zero-order valence-corrected chi connectivity index (χ0v) is 20.8. The normalized spacial score (nSPS) is 14.4. The van der Waals surface area contributed by atoms with Crippen LogP contribution in [0.3, 0.4) is 0 Å². The maximum Gasteiger partial charge on any atom is 0.363 e. The summed E-state index contributed by atoms with van der Waals surface area (Å²) >= 11 is 6.99. The Morgan fingerprint density at radius 1 is 0.912 bits per heavy atom. The molecule has 0 radical (unpaired) electrons. The van der Waals surface area contributed by atoms with Crippen LogP contribution in [0.4, 0.5) is 4.39 Å². The van der Waals surface area contributed by atoms with Crippen LogP contribution in [0.2, 0.25) is 0 Å². The summed E-state index contributed by atoms with van der Waals surface area (Å²) in [6, 6.07) is 23.8. The fraction of sp³-hybridized carbons (Fsp3) is 0.0370. The van der Waals surface area contributed by atoms with Gasteiger partial charge in [-0.2, -0.15) is 0 Å². The van der Waals surface area contributed by atoms with Crippen LogP contribution in [0, 0.1) is 5.82 Å². The first-order chi connectivity index (χ1) is 16.5. The van der Waals surface area contributed by atoms with Crippen molar-refractivity contribution in [2.75, 3.05) is 0 Å². The molecule has 0 saturated carbocycles. The van der Waals surface area contributed by atoms with Gasteiger partial charge < -0.3 is 9.47 Å². The summed E-state index contributed by atoms with van der Waals surface area (Å²) in [6.07, 6.45) is 1.65. The molecule has 1 aliphatic rings. The predicted molar refractivity (Wildman–Crippen MR) is 137 cm³/mol. The number of nitrogens with zero attached hydrogens (tertiary/aromatic N) is 1. The van der Waals surface area contributed by atoms with Crippen LogP contribution in [-0.4, -0.2) is 11.9 Å². The molecule has 1 aliphatic heterocycles. The van der Waals surface area contributed by atoms with Crippen molar-refractivity contribution in [1.82, 2.24) is 0 Å². The molecule has 5 rings (SSSR count). The topological polar surface area (TPSA) is 47.9 Å². The molecule has 0 saturated heterocycles. The van der Waals surface area contributed by atoms with Gasteiger partial charge in [0.1, 0.15) is 18.2 Å². The SMILES string of the molecule is O=C1OC(c2ccc3ccccc3c2)=N/C1=C/c1cc(Br)c(OCc2ccccc2F)c(Br)c1. The zero-order chi connectivity index (χ0) is 23.7. The summed E-state index contributed by atoms with van der Waals surface area (Å²) in [5.74, 6) is -0.0454. The molecule has 34 heavy (non-hydrogen) atoms. The zero-order valence-electron chi connectivity index (χ0n) is 17.6. The molecule has 4 nitrogen and oxygen atoms in total. The fourth-order valence-electron chi connectivity index (χ4n) is 3.58. The van der Waals surface area contributed by atoms with Gasteiger partial charge in [-0.15, -0.1) is 0 Å². The Balaban J connectivity index is 1.39. The Hall–Kier alpha value is -3.29. The van der Waals surface area contributed by atoms with E-state index in [1.807, 2.05) is 42.5 Å². The maximum atomic E-state index is 13.9. The molecular weight excluding hydrogens is 565 g/mol. The number of aliphatic imine (C=N–C) groups is 1. The molecule has 168 valence electrons. The number of hydrogen-bond donors (Lipinski definition) is 0. The van der Waals surface area contributed by atoms with Gasteiger partial charge in [0.25, 0.3) is 0 Å². The molecule has 0 aliphatic carbocycles. The van der Waals surface area contributed by atoms with E-state index in [2.05, 4.69) is 36.9 Å². The molecule has 0 fully saturated rings. The molecule has 0 aromatic heterocycles. The van der Waals surface area contributed by atoms with Crippen molar-refractivity contribution in [1.29, 1.82) is 0 Å². The second kappa shape index (κ2) is 9.52. The number of halogens is 3. The number of fused-ring (bicyclic) bond motifs is 1. The van der Waals surface area contributed by atoms with E-state index in [4.69, 9.17) is 9.47 Å². The summed E-state index contributed by atoms with van der Waals surface area (Å²) < 4.78 is 26.4. The number of carbonyl (C=O) groups is 1. The number of cyclic esters (lactones) is 1. The van der Waals surface area contributed by atoms with E-state index in [1.165, 1.54) is 6.07 Å². The smallest absolute Gasteiger partial charge is 0.363 e. The number of rotatable bonds is 5. The van der Waals surface area contributed by atoms with E-state index in [0.717, 1.165) is 16.3 Å². The van der Waals surface area contributed by atoms with E-state index >= 15 is 0 Å². The first-order valence-corrected chi connectivity index (χ1v) is 11.9. The van der Waals surface area contributed by atoms with E-state index in [9.17, 15) is 9.18 Å². The van der Waals surface area contributed by atoms with E-state index in [0.29, 0.717) is 25.8 Å². The molecule has 4 aromatic carbocycles. The minimum absolute atomic E-state index is 0.0794. The summed E-state index contributed by atoms with van der Waals surface area (Å²) in [6.45, 7) is 0.0794. The third-order valence-corrected chi connectivity index (χ3v) is 6.45. The minimum Gasteiger partial charge on any atom is -0.486 e. The highest BCUT2D eigenvalue weighted by molar-refractivity contribution is 9.11. The first-order valence-electron chi connectivity index (χ1n) is 10.3. The Morgan fingerprint density at radius 3 is 2.38 bits per heavy atom. The van der Waals surface area contributed by atoms with Gasteiger partial charge >= 0.3 is 5.97 Å². The third kappa shape index (κ3) is 4.67. The molecule has 0 N–H and O–H groups in total. The van der Waals surface area contributed by atoms with Crippen molar-refractivity contribution < 1.29 is 18.7 Å². The fourth-order valence-corrected chi connectivity index (χ4v) is 5.03. The molecule has 7 heteroatoms. The van der Waals surface area contributed by atoms with Crippen LogP contribution in [0.1, 0.15) is 16.7 Å². The number of benzene rings is 4. The summed E-state index contributed by atoms with van der Waals surface area (Å²) in [5.41, 5.74) is 2.10. The average molecular weight is 581 g/mol. The lowest BCUT2D eigenvalue weighted by Gasteiger charge is -2.12. The predicted octanol–water partition coefficient (Wildman–Crippen LogP) is 7.43. The standard InChI is InChI=1S/C27H16Br2FNO3/c28-21-11-16(12-22(29)25(21)33-15-20-7-3-4-8-23(20)30)13-24-27(32)34-26(31-24)19-10-9-17-5-1-2-6-18(17)14-19/h1-14H,15H2/b24-13+. The van der Waals surface area contributed by atoms with Crippen molar-refractivity contribution in [2.24, 2.45) is 4.99 Å².